The van der Waals surface area contributed by atoms with Crippen molar-refractivity contribution in [3.05, 3.63) is 308 Å². The third kappa shape index (κ3) is 6.90. The van der Waals surface area contributed by atoms with E-state index in [1.54, 1.807) is 0 Å². The largest absolute Gasteiger partial charge is 0.319 e. The summed E-state index contributed by atoms with van der Waals surface area (Å²) >= 11 is 0. The van der Waals surface area contributed by atoms with Crippen molar-refractivity contribution in [2.45, 2.75) is 0 Å². The van der Waals surface area contributed by atoms with Crippen LogP contribution in [0.15, 0.2) is 291 Å². The zero-order valence-electron chi connectivity index (χ0n) is 48.4. The monoisotopic (exact) mass is 1140 g/mol. The second-order valence-electron chi connectivity index (χ2n) is 23.7. The minimum Gasteiger partial charge on any atom is -0.319 e. The van der Waals surface area contributed by atoms with Gasteiger partial charge in [0.1, 0.15) is 6.07 Å². The summed E-state index contributed by atoms with van der Waals surface area (Å²) in [6, 6.07) is 108. The lowest BCUT2D eigenvalue weighted by atomic mass is 9.30. The van der Waals surface area contributed by atoms with Crippen molar-refractivity contribution in [3.8, 4) is 17.4 Å². The fourth-order valence-corrected chi connectivity index (χ4v) is 15.8. The maximum absolute atomic E-state index is 11.0. The highest BCUT2D eigenvalue weighted by Crippen LogP contribution is 2.51. The number of fused-ring (bicyclic) bond motifs is 14. The number of hydrogen-bond donors (Lipinski definition) is 0. The summed E-state index contributed by atoms with van der Waals surface area (Å²) in [6.45, 7) is 8.19. The number of rotatable bonds is 6. The van der Waals surface area contributed by atoms with E-state index in [0.717, 1.165) is 123 Å². The van der Waals surface area contributed by atoms with Crippen LogP contribution in [0.25, 0.3) is 59.8 Å². The summed E-state index contributed by atoms with van der Waals surface area (Å²) < 4.78 is 4.66. The molecule has 19 rings (SSSR count). The maximum atomic E-state index is 11.0. The van der Waals surface area contributed by atoms with Gasteiger partial charge in [-0.1, -0.05) is 182 Å². The molecule has 0 atom stereocenters. The summed E-state index contributed by atoms with van der Waals surface area (Å²) in [6.07, 6.45) is 0. The van der Waals surface area contributed by atoms with Crippen molar-refractivity contribution in [1.29, 1.82) is 5.26 Å². The average molecular weight is 1140 g/mol. The van der Waals surface area contributed by atoms with Gasteiger partial charge in [0.2, 0.25) is 5.69 Å². The summed E-state index contributed by atoms with van der Waals surface area (Å²) in [5, 5.41) is 15.2. The van der Waals surface area contributed by atoms with Crippen LogP contribution in [0, 0.1) is 17.9 Å². The van der Waals surface area contributed by atoms with Gasteiger partial charge in [0.05, 0.1) is 39.9 Å². The standard InChI is InChI=1S/C80H48B2N8/c1-84-66-39-23-36-61-59-34-15-19-41-68(59)90(80(61)66)57-46-74-78-76(47-57)88(55-31-12-5-13-32-55)72-49-71-64(48-65(72)82(78)63-38-17-21-43-70(63)86(74)53-27-8-3-9-28-53)81-62-37-16-20-42-69(62)85(52-25-6-2-7-26-52)73-44-56(45-75(77(73)81)87(71)54-29-10-4-11-30-54)89-67-40-18-14-33-58(67)60-35-22-24-51(50-83)79(60)89/h2-49H. The molecule has 4 aliphatic heterocycles. The first kappa shape index (κ1) is 50.0. The first-order valence-corrected chi connectivity index (χ1v) is 30.6. The predicted octanol–water partition coefficient (Wildman–Crippen LogP) is 16.5. The molecule has 0 aliphatic carbocycles. The van der Waals surface area contributed by atoms with Crippen molar-refractivity contribution < 1.29 is 0 Å². The molecule has 0 amide bonds. The minimum atomic E-state index is -0.215. The van der Waals surface area contributed by atoms with E-state index in [0.29, 0.717) is 11.3 Å². The van der Waals surface area contributed by atoms with Gasteiger partial charge in [-0.2, -0.15) is 5.26 Å². The Morgan fingerprint density at radius 3 is 1.11 bits per heavy atom. The normalized spacial score (nSPS) is 13.2. The molecule has 0 saturated carbocycles. The van der Waals surface area contributed by atoms with Gasteiger partial charge in [-0.05, 0) is 147 Å². The Kier molecular flexibility index (Phi) is 10.6. The molecule has 0 saturated heterocycles. The van der Waals surface area contributed by atoms with Crippen molar-refractivity contribution in [2.24, 2.45) is 0 Å². The van der Waals surface area contributed by atoms with Crippen LogP contribution < -0.4 is 52.4 Å². The number of anilines is 12. The van der Waals surface area contributed by atoms with Crippen LogP contribution >= 0.6 is 0 Å². The number of para-hydroxylation sites is 10. The van der Waals surface area contributed by atoms with Gasteiger partial charge < -0.3 is 28.7 Å². The van der Waals surface area contributed by atoms with Crippen molar-refractivity contribution in [3.63, 3.8) is 0 Å². The van der Waals surface area contributed by atoms with Gasteiger partial charge in [-0.3, -0.25) is 0 Å². The van der Waals surface area contributed by atoms with Gasteiger partial charge in [0, 0.05) is 90.1 Å². The van der Waals surface area contributed by atoms with Gasteiger partial charge >= 0.3 is 0 Å². The quantitative estimate of drug-likeness (QED) is 0.123. The Morgan fingerprint density at radius 2 is 0.667 bits per heavy atom. The molecule has 10 heteroatoms. The molecule has 4 aliphatic rings. The Balaban J connectivity index is 0.956. The van der Waals surface area contributed by atoms with Crippen LogP contribution in [-0.4, -0.2) is 22.6 Å². The number of benzene rings is 13. The summed E-state index contributed by atoms with van der Waals surface area (Å²) in [5.41, 5.74) is 27.0. The Labute approximate surface area is 520 Å². The molecule has 0 spiro atoms. The number of hydrogen-bond acceptors (Lipinski definition) is 5. The highest BCUT2D eigenvalue weighted by atomic mass is 15.2. The second kappa shape index (κ2) is 19.1. The van der Waals surface area contributed by atoms with Gasteiger partial charge in [0.15, 0.2) is 0 Å². The van der Waals surface area contributed by atoms with Gasteiger partial charge in [-0.25, -0.2) is 4.85 Å². The Bertz CT molecular complexity index is 5290. The lowest BCUT2D eigenvalue weighted by Crippen LogP contribution is -2.65. The fraction of sp³-hybridized carbons (Fsp3) is 0. The average Bonchev–Trinajstić information content (AvgIpc) is 0.804. The summed E-state index contributed by atoms with van der Waals surface area (Å²) in [5.74, 6) is 0. The van der Waals surface area contributed by atoms with Crippen molar-refractivity contribution in [1.82, 2.24) is 9.13 Å². The predicted molar refractivity (Wildman–Crippen MR) is 374 cm³/mol. The molecule has 0 N–H and O–H groups in total. The molecule has 0 fully saturated rings. The van der Waals surface area contributed by atoms with Crippen LogP contribution in [-0.2, 0) is 0 Å². The summed E-state index contributed by atoms with van der Waals surface area (Å²) in [7, 11) is 0. The van der Waals surface area contributed by atoms with E-state index in [2.05, 4.69) is 307 Å². The SMILES string of the molecule is [C-]#[N+]c1cccc2c3ccccc3n(-c3cc4c5c(c3)N(c3ccccc3)c3cc6c(cc3B5c3ccccc3N4c3ccccc3)B3c4ccccc4N(c4ccccc4)c4cc(-n5c7ccccc7c7cccc(C#N)c75)cc(c43)N6c3ccccc3)c12. The molecule has 414 valence electrons. The van der Waals surface area contributed by atoms with E-state index in [1.165, 1.54) is 32.8 Å². The van der Waals surface area contributed by atoms with E-state index in [1.807, 2.05) is 24.3 Å². The smallest absolute Gasteiger partial charge is 0.252 e. The molecule has 0 unspecified atom stereocenters. The molecular weight excluding hydrogens is 1090 g/mol. The molecule has 90 heavy (non-hydrogen) atoms. The maximum Gasteiger partial charge on any atom is 0.252 e. The lowest BCUT2D eigenvalue weighted by Gasteiger charge is -2.47. The van der Waals surface area contributed by atoms with E-state index < -0.39 is 0 Å². The van der Waals surface area contributed by atoms with Crippen LogP contribution in [0.2, 0.25) is 0 Å². The minimum absolute atomic E-state index is 0.213. The molecule has 8 nitrogen and oxygen atoms in total. The zero-order chi connectivity index (χ0) is 59.3. The van der Waals surface area contributed by atoms with Crippen LogP contribution in [0.1, 0.15) is 5.56 Å². The van der Waals surface area contributed by atoms with Crippen molar-refractivity contribution >= 4 is 164 Å². The lowest BCUT2D eigenvalue weighted by molar-refractivity contribution is 1.15. The van der Waals surface area contributed by atoms with Crippen LogP contribution in [0.3, 0.4) is 0 Å². The topological polar surface area (TPSA) is 51.0 Å². The molecule has 6 heterocycles. The number of aromatic nitrogens is 2. The highest BCUT2D eigenvalue weighted by molar-refractivity contribution is 7.03. The fourth-order valence-electron chi connectivity index (χ4n) is 15.8. The third-order valence-electron chi connectivity index (χ3n) is 19.2. The molecule has 0 bridgehead atoms. The summed E-state index contributed by atoms with van der Waals surface area (Å²) in [4.78, 5) is 14.2. The Hall–Kier alpha value is -12.2. The van der Waals surface area contributed by atoms with E-state index in [9.17, 15) is 5.26 Å². The van der Waals surface area contributed by atoms with E-state index in [-0.39, 0.29) is 13.4 Å². The van der Waals surface area contributed by atoms with E-state index in [4.69, 9.17) is 6.57 Å². The molecule has 15 aromatic rings. The second-order valence-corrected chi connectivity index (χ2v) is 23.7. The van der Waals surface area contributed by atoms with Gasteiger partial charge in [-0.15, -0.1) is 0 Å². The first-order chi connectivity index (χ1) is 44.6. The Morgan fingerprint density at radius 1 is 0.300 bits per heavy atom. The zero-order valence-corrected chi connectivity index (χ0v) is 48.4. The molecule has 13 aromatic carbocycles. The highest BCUT2D eigenvalue weighted by Gasteiger charge is 2.49. The number of nitriles is 1. The molecule has 0 radical (unpaired) electrons. The number of nitrogens with zero attached hydrogens (tertiary/aromatic N) is 8. The first-order valence-electron chi connectivity index (χ1n) is 30.6. The molecular formula is C80H48B2N8. The van der Waals surface area contributed by atoms with Gasteiger partial charge in [0.25, 0.3) is 13.4 Å². The van der Waals surface area contributed by atoms with Crippen LogP contribution in [0.4, 0.5) is 73.9 Å². The van der Waals surface area contributed by atoms with E-state index >= 15 is 0 Å². The third-order valence-corrected chi connectivity index (χ3v) is 19.2. The van der Waals surface area contributed by atoms with Crippen LogP contribution in [0.5, 0.6) is 0 Å². The molecule has 2 aromatic heterocycles. The van der Waals surface area contributed by atoms with Crippen molar-refractivity contribution in [2.75, 3.05) is 19.6 Å².